The molecule has 0 amide bonds. The first-order chi connectivity index (χ1) is 10.2. The van der Waals surface area contributed by atoms with Crippen LogP contribution in [-0.2, 0) is 9.47 Å². The SMILES string of the molecule is Cc1ccc(C)c(C(C)NCCCOCC2CCCO2)c1. The highest BCUT2D eigenvalue weighted by atomic mass is 16.5. The molecule has 118 valence electrons. The van der Waals surface area contributed by atoms with Gasteiger partial charge in [-0.1, -0.05) is 23.8 Å². The van der Waals surface area contributed by atoms with Crippen molar-refractivity contribution in [1.82, 2.24) is 5.32 Å². The van der Waals surface area contributed by atoms with Gasteiger partial charge >= 0.3 is 0 Å². The van der Waals surface area contributed by atoms with E-state index in [0.717, 1.165) is 39.2 Å². The molecule has 2 unspecified atom stereocenters. The van der Waals surface area contributed by atoms with Crippen molar-refractivity contribution in [3.05, 3.63) is 34.9 Å². The zero-order valence-electron chi connectivity index (χ0n) is 13.7. The maximum atomic E-state index is 5.68. The molecule has 2 atom stereocenters. The highest BCUT2D eigenvalue weighted by Gasteiger charge is 2.15. The van der Waals surface area contributed by atoms with Crippen molar-refractivity contribution in [3.8, 4) is 0 Å². The lowest BCUT2D eigenvalue weighted by molar-refractivity contribution is 0.0165. The molecule has 2 rings (SSSR count). The van der Waals surface area contributed by atoms with Crippen molar-refractivity contribution in [2.24, 2.45) is 0 Å². The molecule has 1 saturated heterocycles. The van der Waals surface area contributed by atoms with E-state index in [9.17, 15) is 0 Å². The van der Waals surface area contributed by atoms with Gasteiger partial charge in [0.25, 0.3) is 0 Å². The molecule has 0 saturated carbocycles. The lowest BCUT2D eigenvalue weighted by Gasteiger charge is -2.17. The van der Waals surface area contributed by atoms with Crippen molar-refractivity contribution in [1.29, 1.82) is 0 Å². The summed E-state index contributed by atoms with van der Waals surface area (Å²) in [6, 6.07) is 7.04. The van der Waals surface area contributed by atoms with E-state index < -0.39 is 0 Å². The first kappa shape index (κ1) is 16.5. The van der Waals surface area contributed by atoms with E-state index in [1.807, 2.05) is 0 Å². The monoisotopic (exact) mass is 291 g/mol. The van der Waals surface area contributed by atoms with Crippen LogP contribution in [0.5, 0.6) is 0 Å². The summed E-state index contributed by atoms with van der Waals surface area (Å²) in [5, 5.41) is 3.58. The summed E-state index contributed by atoms with van der Waals surface area (Å²) in [6.07, 6.45) is 3.72. The lowest BCUT2D eigenvalue weighted by atomic mass is 10.00. The van der Waals surface area contributed by atoms with Gasteiger partial charge in [-0.15, -0.1) is 0 Å². The Labute approximate surface area is 129 Å². The first-order valence-corrected chi connectivity index (χ1v) is 8.16. The molecule has 3 nitrogen and oxygen atoms in total. The van der Waals surface area contributed by atoms with Crippen LogP contribution < -0.4 is 5.32 Å². The zero-order valence-corrected chi connectivity index (χ0v) is 13.7. The molecule has 1 aromatic carbocycles. The van der Waals surface area contributed by atoms with Gasteiger partial charge in [0.05, 0.1) is 12.7 Å². The summed E-state index contributed by atoms with van der Waals surface area (Å²) in [4.78, 5) is 0. The summed E-state index contributed by atoms with van der Waals surface area (Å²) >= 11 is 0. The van der Waals surface area contributed by atoms with Crippen LogP contribution in [0.4, 0.5) is 0 Å². The smallest absolute Gasteiger partial charge is 0.0809 e. The van der Waals surface area contributed by atoms with E-state index in [1.165, 1.54) is 23.1 Å². The van der Waals surface area contributed by atoms with Crippen LogP contribution in [0.2, 0.25) is 0 Å². The molecule has 0 radical (unpaired) electrons. The third-order valence-corrected chi connectivity index (χ3v) is 4.14. The van der Waals surface area contributed by atoms with Crippen molar-refractivity contribution in [2.75, 3.05) is 26.4 Å². The predicted octanol–water partition coefficient (Wildman–Crippen LogP) is 3.54. The molecule has 1 aliphatic heterocycles. The molecule has 0 bridgehead atoms. The molecule has 1 aliphatic rings. The number of hydrogen-bond acceptors (Lipinski definition) is 3. The zero-order chi connectivity index (χ0) is 15.1. The summed E-state index contributed by atoms with van der Waals surface area (Å²) < 4.78 is 11.2. The van der Waals surface area contributed by atoms with Crippen LogP contribution in [0, 0.1) is 13.8 Å². The molecule has 3 heteroatoms. The van der Waals surface area contributed by atoms with Gasteiger partial charge in [0.1, 0.15) is 0 Å². The molecule has 1 fully saturated rings. The van der Waals surface area contributed by atoms with E-state index >= 15 is 0 Å². The molecule has 1 N–H and O–H groups in total. The van der Waals surface area contributed by atoms with Crippen LogP contribution in [0.25, 0.3) is 0 Å². The largest absolute Gasteiger partial charge is 0.379 e. The lowest BCUT2D eigenvalue weighted by Crippen LogP contribution is -2.22. The normalized spacial score (nSPS) is 19.9. The Bertz CT molecular complexity index is 427. The van der Waals surface area contributed by atoms with Gasteiger partial charge in [0.15, 0.2) is 0 Å². The second-order valence-corrected chi connectivity index (χ2v) is 6.10. The fourth-order valence-electron chi connectivity index (χ4n) is 2.82. The summed E-state index contributed by atoms with van der Waals surface area (Å²) in [6.45, 7) is 10.0. The Morgan fingerprint density at radius 1 is 1.38 bits per heavy atom. The van der Waals surface area contributed by atoms with Crippen LogP contribution in [0.3, 0.4) is 0 Å². The molecule has 0 spiro atoms. The summed E-state index contributed by atoms with van der Waals surface area (Å²) in [7, 11) is 0. The van der Waals surface area contributed by atoms with Gasteiger partial charge in [0.2, 0.25) is 0 Å². The average molecular weight is 291 g/mol. The van der Waals surface area contributed by atoms with Crippen molar-refractivity contribution < 1.29 is 9.47 Å². The summed E-state index contributed by atoms with van der Waals surface area (Å²) in [5.41, 5.74) is 4.08. The minimum absolute atomic E-state index is 0.340. The van der Waals surface area contributed by atoms with Gasteiger partial charge in [0, 0.05) is 19.3 Å². The number of hydrogen-bond donors (Lipinski definition) is 1. The van der Waals surface area contributed by atoms with Crippen LogP contribution >= 0.6 is 0 Å². The van der Waals surface area contributed by atoms with E-state index in [2.05, 4.69) is 44.3 Å². The van der Waals surface area contributed by atoms with E-state index in [-0.39, 0.29) is 0 Å². The van der Waals surface area contributed by atoms with Crippen molar-refractivity contribution >= 4 is 0 Å². The molecule has 21 heavy (non-hydrogen) atoms. The standard InChI is InChI=1S/C18H29NO2/c1-14-7-8-15(2)18(12-14)16(3)19-9-5-10-20-13-17-6-4-11-21-17/h7-8,12,16-17,19H,4-6,9-11,13H2,1-3H3. The fourth-order valence-corrected chi connectivity index (χ4v) is 2.82. The van der Waals surface area contributed by atoms with E-state index in [1.54, 1.807) is 0 Å². The maximum absolute atomic E-state index is 5.68. The second-order valence-electron chi connectivity index (χ2n) is 6.10. The number of rotatable bonds is 8. The van der Waals surface area contributed by atoms with Crippen LogP contribution in [0.1, 0.15) is 48.9 Å². The Balaban J connectivity index is 1.60. The van der Waals surface area contributed by atoms with Crippen LogP contribution in [-0.4, -0.2) is 32.5 Å². The quantitative estimate of drug-likeness (QED) is 0.743. The molecule has 0 aromatic heterocycles. The van der Waals surface area contributed by atoms with Gasteiger partial charge < -0.3 is 14.8 Å². The molecular formula is C18H29NO2. The third kappa shape index (κ3) is 5.42. The topological polar surface area (TPSA) is 30.5 Å². The molecule has 1 aromatic rings. The number of benzene rings is 1. The van der Waals surface area contributed by atoms with Crippen LogP contribution in [0.15, 0.2) is 18.2 Å². The molecular weight excluding hydrogens is 262 g/mol. The number of nitrogens with one attached hydrogen (secondary N) is 1. The van der Waals surface area contributed by atoms with Crippen molar-refractivity contribution in [2.45, 2.75) is 52.2 Å². The van der Waals surface area contributed by atoms with Gasteiger partial charge in [-0.05, 0) is 57.7 Å². The van der Waals surface area contributed by atoms with Gasteiger partial charge in [-0.2, -0.15) is 0 Å². The van der Waals surface area contributed by atoms with E-state index in [0.29, 0.717) is 12.1 Å². The highest BCUT2D eigenvalue weighted by Crippen LogP contribution is 2.18. The first-order valence-electron chi connectivity index (χ1n) is 8.16. The predicted molar refractivity (Wildman–Crippen MR) is 86.7 cm³/mol. The van der Waals surface area contributed by atoms with Gasteiger partial charge in [-0.25, -0.2) is 0 Å². The fraction of sp³-hybridized carbons (Fsp3) is 0.667. The summed E-state index contributed by atoms with van der Waals surface area (Å²) in [5.74, 6) is 0. The Morgan fingerprint density at radius 2 is 2.24 bits per heavy atom. The van der Waals surface area contributed by atoms with E-state index in [4.69, 9.17) is 9.47 Å². The Hall–Kier alpha value is -0.900. The third-order valence-electron chi connectivity index (χ3n) is 4.14. The molecule has 1 heterocycles. The number of ether oxygens (including phenoxy) is 2. The van der Waals surface area contributed by atoms with Crippen molar-refractivity contribution in [3.63, 3.8) is 0 Å². The minimum atomic E-state index is 0.340. The molecule has 0 aliphatic carbocycles. The Morgan fingerprint density at radius 3 is 3.00 bits per heavy atom. The second kappa shape index (κ2) is 8.52. The highest BCUT2D eigenvalue weighted by molar-refractivity contribution is 5.32. The average Bonchev–Trinajstić information content (AvgIpc) is 2.98. The Kier molecular flexibility index (Phi) is 6.68. The maximum Gasteiger partial charge on any atom is 0.0809 e. The number of aryl methyl sites for hydroxylation is 2. The minimum Gasteiger partial charge on any atom is -0.379 e. The van der Waals surface area contributed by atoms with Gasteiger partial charge in [-0.3, -0.25) is 0 Å².